The van der Waals surface area contributed by atoms with Crippen LogP contribution in [-0.4, -0.2) is 37.0 Å². The lowest BCUT2D eigenvalue weighted by molar-refractivity contribution is 0.0640. The summed E-state index contributed by atoms with van der Waals surface area (Å²) >= 11 is 0. The van der Waals surface area contributed by atoms with E-state index in [9.17, 15) is 17.9 Å². The molecule has 3 N–H and O–H groups in total. The minimum absolute atomic E-state index is 0.0573. The molecule has 0 bridgehead atoms. The van der Waals surface area contributed by atoms with Gasteiger partial charge >= 0.3 is 0 Å². The molecule has 0 heterocycles. The Morgan fingerprint density at radius 2 is 1.95 bits per heavy atom. The summed E-state index contributed by atoms with van der Waals surface area (Å²) in [4.78, 5) is -0.0573. The SMILES string of the molecule is Cc1cc(F)c(N)cc1S(=O)(=O)N(C)CC(C)(C)O. The number of aryl methyl sites for hydroxylation is 1. The fourth-order valence-electron chi connectivity index (χ4n) is 1.74. The normalized spacial score (nSPS) is 13.0. The predicted octanol–water partition coefficient (Wildman–Crippen LogP) is 1.11. The molecule has 0 amide bonds. The maximum absolute atomic E-state index is 13.2. The summed E-state index contributed by atoms with van der Waals surface area (Å²) in [5.74, 6) is -0.651. The Morgan fingerprint density at radius 1 is 1.42 bits per heavy atom. The number of nitrogens with two attached hydrogens (primary N) is 1. The Kier molecular flexibility index (Phi) is 4.23. The third kappa shape index (κ3) is 3.65. The van der Waals surface area contributed by atoms with Gasteiger partial charge in [-0.25, -0.2) is 12.8 Å². The van der Waals surface area contributed by atoms with Crippen LogP contribution in [0.3, 0.4) is 0 Å². The molecule has 0 unspecified atom stereocenters. The Hall–Kier alpha value is -1.18. The van der Waals surface area contributed by atoms with E-state index in [-0.39, 0.29) is 22.7 Å². The van der Waals surface area contributed by atoms with Crippen molar-refractivity contribution in [3.05, 3.63) is 23.5 Å². The van der Waals surface area contributed by atoms with Crippen LogP contribution in [0.1, 0.15) is 19.4 Å². The number of benzene rings is 1. The first-order valence-corrected chi connectivity index (χ1v) is 7.13. The molecular weight excluding hydrogens is 271 g/mol. The lowest BCUT2D eigenvalue weighted by Gasteiger charge is -2.25. The quantitative estimate of drug-likeness (QED) is 0.814. The smallest absolute Gasteiger partial charge is 0.243 e. The summed E-state index contributed by atoms with van der Waals surface area (Å²) in [5.41, 5.74) is 4.29. The van der Waals surface area contributed by atoms with Gasteiger partial charge in [-0.2, -0.15) is 4.31 Å². The number of anilines is 1. The van der Waals surface area contributed by atoms with Crippen LogP contribution < -0.4 is 5.73 Å². The van der Waals surface area contributed by atoms with E-state index in [0.29, 0.717) is 0 Å². The topological polar surface area (TPSA) is 83.6 Å². The second-order valence-corrected chi connectivity index (χ2v) is 7.23. The third-order valence-corrected chi connectivity index (χ3v) is 4.54. The Morgan fingerprint density at radius 3 is 2.42 bits per heavy atom. The van der Waals surface area contributed by atoms with Gasteiger partial charge in [-0.05, 0) is 38.5 Å². The molecule has 0 aliphatic heterocycles. The molecule has 0 aromatic heterocycles. The van der Waals surface area contributed by atoms with Gasteiger partial charge in [0.15, 0.2) is 0 Å². The first-order valence-electron chi connectivity index (χ1n) is 5.69. The average Bonchev–Trinajstić information content (AvgIpc) is 2.20. The van der Waals surface area contributed by atoms with E-state index >= 15 is 0 Å². The fraction of sp³-hybridized carbons (Fsp3) is 0.500. The maximum Gasteiger partial charge on any atom is 0.243 e. The third-order valence-electron chi connectivity index (χ3n) is 2.59. The summed E-state index contributed by atoms with van der Waals surface area (Å²) < 4.78 is 38.9. The average molecular weight is 290 g/mol. The van der Waals surface area contributed by atoms with E-state index in [0.717, 1.165) is 16.4 Å². The zero-order valence-electron chi connectivity index (χ0n) is 11.4. The molecule has 0 fully saturated rings. The molecule has 0 saturated heterocycles. The summed E-state index contributed by atoms with van der Waals surface area (Å²) in [7, 11) is -2.46. The monoisotopic (exact) mass is 290 g/mol. The first kappa shape index (κ1) is 15.9. The van der Waals surface area contributed by atoms with Crippen LogP contribution in [0.25, 0.3) is 0 Å². The number of aliphatic hydroxyl groups is 1. The van der Waals surface area contributed by atoms with Crippen molar-refractivity contribution in [2.45, 2.75) is 31.3 Å². The van der Waals surface area contributed by atoms with Gasteiger partial charge in [-0.3, -0.25) is 0 Å². The summed E-state index contributed by atoms with van der Waals surface area (Å²) in [5, 5.41) is 9.68. The number of rotatable bonds is 4. The number of nitrogen functional groups attached to an aromatic ring is 1. The summed E-state index contributed by atoms with van der Waals surface area (Å²) in [6.07, 6.45) is 0. The largest absolute Gasteiger partial charge is 0.396 e. The van der Waals surface area contributed by atoms with Crippen LogP contribution in [-0.2, 0) is 10.0 Å². The van der Waals surface area contributed by atoms with E-state index in [1.807, 2.05) is 0 Å². The Bertz CT molecular complexity index is 579. The molecule has 0 aliphatic carbocycles. The van der Waals surface area contributed by atoms with Gasteiger partial charge in [0.05, 0.1) is 16.2 Å². The van der Waals surface area contributed by atoms with Crippen molar-refractivity contribution in [2.24, 2.45) is 0 Å². The van der Waals surface area contributed by atoms with Crippen molar-refractivity contribution in [2.75, 3.05) is 19.3 Å². The van der Waals surface area contributed by atoms with Crippen LogP contribution in [0.15, 0.2) is 17.0 Å². The molecule has 108 valence electrons. The van der Waals surface area contributed by atoms with Crippen LogP contribution in [0, 0.1) is 12.7 Å². The van der Waals surface area contributed by atoms with Crippen LogP contribution in [0.5, 0.6) is 0 Å². The van der Waals surface area contributed by atoms with Crippen molar-refractivity contribution in [3.63, 3.8) is 0 Å². The van der Waals surface area contributed by atoms with Crippen molar-refractivity contribution >= 4 is 15.7 Å². The minimum Gasteiger partial charge on any atom is -0.396 e. The van der Waals surface area contributed by atoms with Crippen molar-refractivity contribution in [3.8, 4) is 0 Å². The number of likely N-dealkylation sites (N-methyl/N-ethyl adjacent to an activating group) is 1. The standard InChI is InChI=1S/C12H19FN2O3S/c1-8-5-9(13)10(14)6-11(8)19(17,18)15(4)7-12(2,3)16/h5-6,16H,7,14H2,1-4H3. The van der Waals surface area contributed by atoms with E-state index in [2.05, 4.69) is 0 Å². The van der Waals surface area contributed by atoms with Crippen LogP contribution in [0.2, 0.25) is 0 Å². The highest BCUT2D eigenvalue weighted by Crippen LogP contribution is 2.24. The lowest BCUT2D eigenvalue weighted by Crippen LogP contribution is -2.39. The first-order chi connectivity index (χ1) is 8.45. The highest BCUT2D eigenvalue weighted by Gasteiger charge is 2.28. The number of hydrogen-bond acceptors (Lipinski definition) is 4. The Balaban J connectivity index is 3.25. The van der Waals surface area contributed by atoms with Crippen molar-refractivity contribution in [1.29, 1.82) is 0 Å². The van der Waals surface area contributed by atoms with E-state index in [1.54, 1.807) is 0 Å². The van der Waals surface area contributed by atoms with Gasteiger partial charge in [-0.1, -0.05) is 0 Å². The highest BCUT2D eigenvalue weighted by atomic mass is 32.2. The van der Waals surface area contributed by atoms with E-state index in [1.165, 1.54) is 27.8 Å². The molecule has 1 aromatic rings. The van der Waals surface area contributed by atoms with Gasteiger partial charge in [0, 0.05) is 13.6 Å². The van der Waals surface area contributed by atoms with Gasteiger partial charge in [0.25, 0.3) is 0 Å². The molecule has 0 spiro atoms. The Labute approximate surface area is 112 Å². The molecular formula is C12H19FN2O3S. The zero-order chi connectivity index (χ0) is 15.0. The van der Waals surface area contributed by atoms with E-state index < -0.39 is 21.4 Å². The van der Waals surface area contributed by atoms with Gasteiger partial charge in [0.2, 0.25) is 10.0 Å². The molecule has 1 aromatic carbocycles. The van der Waals surface area contributed by atoms with Crippen molar-refractivity contribution < 1.29 is 17.9 Å². The summed E-state index contributed by atoms with van der Waals surface area (Å²) in [6.45, 7) is 4.43. The van der Waals surface area contributed by atoms with Crippen LogP contribution in [0.4, 0.5) is 10.1 Å². The number of nitrogens with zero attached hydrogens (tertiary/aromatic N) is 1. The second kappa shape index (κ2) is 5.07. The van der Waals surface area contributed by atoms with Gasteiger partial charge in [-0.15, -0.1) is 0 Å². The highest BCUT2D eigenvalue weighted by molar-refractivity contribution is 7.89. The molecule has 1 rings (SSSR count). The minimum atomic E-state index is -3.82. The second-order valence-electron chi connectivity index (χ2n) is 5.21. The maximum atomic E-state index is 13.2. The van der Waals surface area contributed by atoms with Gasteiger partial charge < -0.3 is 10.8 Å². The van der Waals surface area contributed by atoms with E-state index in [4.69, 9.17) is 5.73 Å². The van der Waals surface area contributed by atoms with Crippen molar-refractivity contribution in [1.82, 2.24) is 4.31 Å². The summed E-state index contributed by atoms with van der Waals surface area (Å²) in [6, 6.07) is 2.18. The predicted molar refractivity (Wildman–Crippen MR) is 71.7 cm³/mol. The van der Waals surface area contributed by atoms with Crippen LogP contribution >= 0.6 is 0 Å². The molecule has 7 heteroatoms. The molecule has 5 nitrogen and oxygen atoms in total. The number of hydrogen-bond donors (Lipinski definition) is 2. The fourth-order valence-corrected chi connectivity index (χ4v) is 3.31. The molecule has 0 saturated carbocycles. The number of sulfonamides is 1. The molecule has 0 atom stereocenters. The lowest BCUT2D eigenvalue weighted by atomic mass is 10.1. The van der Waals surface area contributed by atoms with Gasteiger partial charge in [0.1, 0.15) is 5.82 Å². The molecule has 0 aliphatic rings. The molecule has 0 radical (unpaired) electrons. The molecule has 19 heavy (non-hydrogen) atoms. The number of halogens is 1. The zero-order valence-corrected chi connectivity index (χ0v) is 12.3.